The molecule has 1 aliphatic rings. The summed E-state index contributed by atoms with van der Waals surface area (Å²) in [4.78, 5) is 0. The topological polar surface area (TPSA) is 55.4 Å². The molecule has 1 N–H and O–H groups in total. The predicted octanol–water partition coefficient (Wildman–Crippen LogP) is 2.13. The van der Waals surface area contributed by atoms with Gasteiger partial charge >= 0.3 is 6.61 Å². The lowest BCUT2D eigenvalue weighted by atomic mass is 10.1. The Labute approximate surface area is 117 Å². The molecule has 0 amide bonds. The van der Waals surface area contributed by atoms with Gasteiger partial charge in [-0.25, -0.2) is 8.42 Å². The van der Waals surface area contributed by atoms with Crippen molar-refractivity contribution in [2.45, 2.75) is 32.0 Å². The van der Waals surface area contributed by atoms with E-state index >= 15 is 0 Å². The number of sulfone groups is 1. The molecule has 4 nitrogen and oxygen atoms in total. The molecule has 0 radical (unpaired) electrons. The molecule has 0 aromatic heterocycles. The maximum atomic E-state index is 12.4. The summed E-state index contributed by atoms with van der Waals surface area (Å²) in [5.41, 5.74) is 0.453. The number of hydrogen-bond acceptors (Lipinski definition) is 4. The van der Waals surface area contributed by atoms with Crippen molar-refractivity contribution in [2.24, 2.45) is 0 Å². The molecular weight excluding hydrogens is 288 g/mol. The number of halogens is 2. The lowest BCUT2D eigenvalue weighted by molar-refractivity contribution is -0.0506. The Morgan fingerprint density at radius 1 is 1.35 bits per heavy atom. The molecule has 20 heavy (non-hydrogen) atoms. The molecule has 1 aromatic rings. The van der Waals surface area contributed by atoms with Crippen LogP contribution < -0.4 is 10.1 Å². The van der Waals surface area contributed by atoms with Crippen LogP contribution in [0.3, 0.4) is 0 Å². The van der Waals surface area contributed by atoms with Gasteiger partial charge in [0.1, 0.15) is 5.75 Å². The monoisotopic (exact) mass is 305 g/mol. The fourth-order valence-electron chi connectivity index (χ4n) is 2.40. The Morgan fingerprint density at radius 3 is 2.70 bits per heavy atom. The summed E-state index contributed by atoms with van der Waals surface area (Å²) in [7, 11) is -3.19. The summed E-state index contributed by atoms with van der Waals surface area (Å²) in [5, 5.41) is 3.18. The zero-order chi connectivity index (χ0) is 14.8. The Hall–Kier alpha value is -1.21. The smallest absolute Gasteiger partial charge is 0.387 e. The third-order valence-electron chi connectivity index (χ3n) is 3.32. The highest BCUT2D eigenvalue weighted by Gasteiger charge is 2.32. The highest BCUT2D eigenvalue weighted by atomic mass is 32.2. The fraction of sp³-hybridized carbons (Fsp3) is 0.538. The van der Waals surface area contributed by atoms with Crippen molar-refractivity contribution < 1.29 is 21.9 Å². The molecule has 1 fully saturated rings. The molecule has 0 saturated carbocycles. The Morgan fingerprint density at radius 2 is 2.05 bits per heavy atom. The number of benzene rings is 1. The summed E-state index contributed by atoms with van der Waals surface area (Å²) in [6.45, 7) is -1.05. The highest BCUT2D eigenvalue weighted by Crippen LogP contribution is 2.30. The summed E-state index contributed by atoms with van der Waals surface area (Å²) in [6, 6.07) is 5.61. The van der Waals surface area contributed by atoms with E-state index in [1.54, 1.807) is 18.2 Å². The van der Waals surface area contributed by atoms with E-state index in [4.69, 9.17) is 0 Å². The van der Waals surface area contributed by atoms with Gasteiger partial charge in [0.05, 0.1) is 17.5 Å². The Balaban J connectivity index is 2.30. The molecule has 0 spiro atoms. The molecule has 0 aliphatic carbocycles. The maximum absolute atomic E-state index is 12.4. The van der Waals surface area contributed by atoms with E-state index in [-0.39, 0.29) is 23.3 Å². The van der Waals surface area contributed by atoms with Gasteiger partial charge in [-0.15, -0.1) is 0 Å². The highest BCUT2D eigenvalue weighted by molar-refractivity contribution is 7.91. The van der Waals surface area contributed by atoms with E-state index < -0.39 is 22.5 Å². The first-order chi connectivity index (χ1) is 9.41. The van der Waals surface area contributed by atoms with Crippen LogP contribution in [0.4, 0.5) is 8.78 Å². The third-order valence-corrected chi connectivity index (χ3v) is 5.07. The van der Waals surface area contributed by atoms with Crippen LogP contribution >= 0.6 is 0 Å². The van der Waals surface area contributed by atoms with Crippen molar-refractivity contribution in [3.8, 4) is 5.75 Å². The first-order valence-corrected chi connectivity index (χ1v) is 8.23. The summed E-state index contributed by atoms with van der Waals surface area (Å²) < 4.78 is 53.1. The van der Waals surface area contributed by atoms with Crippen molar-refractivity contribution in [3.63, 3.8) is 0 Å². The van der Waals surface area contributed by atoms with Crippen molar-refractivity contribution in [2.75, 3.05) is 11.5 Å². The quantitative estimate of drug-likeness (QED) is 0.926. The van der Waals surface area contributed by atoms with E-state index in [1.807, 2.05) is 6.92 Å². The first-order valence-electron chi connectivity index (χ1n) is 6.41. The number of nitrogens with one attached hydrogen (secondary N) is 1. The molecule has 1 aliphatic heterocycles. The van der Waals surface area contributed by atoms with Gasteiger partial charge in [-0.3, -0.25) is 0 Å². The van der Waals surface area contributed by atoms with E-state index in [1.165, 1.54) is 6.07 Å². The standard InChI is InChI=1S/C13H17F2NO3S/c1-2-9-7-20(17,18)8-11(16-9)10-5-3-4-6-12(10)19-13(14)15/h3-6,9,11,13,16H,2,7-8H2,1H3. The van der Waals surface area contributed by atoms with Crippen LogP contribution in [0.25, 0.3) is 0 Å². The van der Waals surface area contributed by atoms with Gasteiger partial charge in [0.25, 0.3) is 0 Å². The van der Waals surface area contributed by atoms with Crippen LogP contribution in [0.1, 0.15) is 24.9 Å². The zero-order valence-electron chi connectivity index (χ0n) is 11.1. The molecule has 0 bridgehead atoms. The SMILES string of the molecule is CCC1CS(=O)(=O)CC(c2ccccc2OC(F)F)N1. The number of hydrogen-bond donors (Lipinski definition) is 1. The van der Waals surface area contributed by atoms with Crippen molar-refractivity contribution in [1.82, 2.24) is 5.32 Å². The lowest BCUT2D eigenvalue weighted by Gasteiger charge is -2.31. The number of alkyl halides is 2. The lowest BCUT2D eigenvalue weighted by Crippen LogP contribution is -2.46. The van der Waals surface area contributed by atoms with Crippen molar-refractivity contribution >= 4 is 9.84 Å². The second-order valence-corrected chi connectivity index (χ2v) is 6.97. The van der Waals surface area contributed by atoms with Gasteiger partial charge in [-0.05, 0) is 12.5 Å². The van der Waals surface area contributed by atoms with Crippen LogP contribution in [0.15, 0.2) is 24.3 Å². The van der Waals surface area contributed by atoms with Crippen molar-refractivity contribution in [3.05, 3.63) is 29.8 Å². The first kappa shape index (κ1) is 15.2. The Kier molecular flexibility index (Phi) is 4.59. The maximum Gasteiger partial charge on any atom is 0.387 e. The van der Waals surface area contributed by atoms with E-state index in [0.717, 1.165) is 0 Å². The number of para-hydroxylation sites is 1. The number of rotatable bonds is 4. The summed E-state index contributed by atoms with van der Waals surface area (Å²) >= 11 is 0. The average Bonchev–Trinajstić information content (AvgIpc) is 2.36. The second-order valence-electron chi connectivity index (χ2n) is 4.82. The van der Waals surface area contributed by atoms with Gasteiger partial charge in [0.15, 0.2) is 9.84 Å². The molecule has 2 rings (SSSR count). The average molecular weight is 305 g/mol. The van der Waals surface area contributed by atoms with Gasteiger partial charge < -0.3 is 10.1 Å². The molecule has 112 valence electrons. The van der Waals surface area contributed by atoms with Crippen LogP contribution in [0.5, 0.6) is 5.75 Å². The predicted molar refractivity (Wildman–Crippen MR) is 71.7 cm³/mol. The third kappa shape index (κ3) is 3.67. The normalized spacial score (nSPS) is 25.6. The second kappa shape index (κ2) is 6.05. The van der Waals surface area contributed by atoms with Crippen LogP contribution in [-0.2, 0) is 9.84 Å². The zero-order valence-corrected chi connectivity index (χ0v) is 11.9. The molecule has 1 saturated heterocycles. The summed E-state index contributed by atoms with van der Waals surface area (Å²) in [5.74, 6) is -0.00251. The molecule has 2 atom stereocenters. The Bertz CT molecular complexity index is 562. The van der Waals surface area contributed by atoms with Gasteiger partial charge in [-0.2, -0.15) is 8.78 Å². The molecular formula is C13H17F2NO3S. The van der Waals surface area contributed by atoms with Crippen LogP contribution in [-0.4, -0.2) is 32.6 Å². The number of ether oxygens (including phenoxy) is 1. The van der Waals surface area contributed by atoms with E-state index in [9.17, 15) is 17.2 Å². The van der Waals surface area contributed by atoms with E-state index in [0.29, 0.717) is 12.0 Å². The minimum atomic E-state index is -3.19. The molecule has 7 heteroatoms. The van der Waals surface area contributed by atoms with Gasteiger partial charge in [0, 0.05) is 11.6 Å². The van der Waals surface area contributed by atoms with Gasteiger partial charge in [0.2, 0.25) is 0 Å². The minimum Gasteiger partial charge on any atom is -0.434 e. The molecule has 1 aromatic carbocycles. The minimum absolute atomic E-state index is 0.0203. The molecule has 1 heterocycles. The van der Waals surface area contributed by atoms with Crippen LogP contribution in [0, 0.1) is 0 Å². The van der Waals surface area contributed by atoms with Crippen LogP contribution in [0.2, 0.25) is 0 Å². The van der Waals surface area contributed by atoms with Crippen molar-refractivity contribution in [1.29, 1.82) is 0 Å². The molecule has 2 unspecified atom stereocenters. The largest absolute Gasteiger partial charge is 0.434 e. The van der Waals surface area contributed by atoms with E-state index in [2.05, 4.69) is 10.1 Å². The fourth-order valence-corrected chi connectivity index (χ4v) is 4.26. The van der Waals surface area contributed by atoms with Gasteiger partial charge in [-0.1, -0.05) is 25.1 Å². The summed E-state index contributed by atoms with van der Waals surface area (Å²) in [6.07, 6.45) is 0.660.